The van der Waals surface area contributed by atoms with Crippen LogP contribution in [-0.2, 0) is 13.0 Å². The minimum Gasteiger partial charge on any atom is -0.496 e. The Bertz CT molecular complexity index is 452. The highest BCUT2D eigenvalue weighted by molar-refractivity contribution is 5.61. The Morgan fingerprint density at radius 3 is 2.89 bits per heavy atom. The second-order valence-electron chi connectivity index (χ2n) is 5.24. The maximum Gasteiger partial charge on any atom is 0.123 e. The van der Waals surface area contributed by atoms with Crippen LogP contribution in [0, 0.1) is 0 Å². The van der Waals surface area contributed by atoms with Crippen LogP contribution in [0.5, 0.6) is 5.75 Å². The Morgan fingerprint density at radius 2 is 2.16 bits per heavy atom. The molecule has 3 nitrogen and oxygen atoms in total. The third kappa shape index (κ3) is 3.58. The van der Waals surface area contributed by atoms with Crippen molar-refractivity contribution in [2.45, 2.75) is 19.4 Å². The van der Waals surface area contributed by atoms with Crippen molar-refractivity contribution < 1.29 is 4.74 Å². The van der Waals surface area contributed by atoms with Gasteiger partial charge in [0.2, 0.25) is 0 Å². The second kappa shape index (κ2) is 6.73. The molecule has 0 amide bonds. The second-order valence-corrected chi connectivity index (χ2v) is 5.24. The number of methoxy groups -OCH3 is 1. The minimum atomic E-state index is 0.883. The Hall–Kier alpha value is -1.32. The van der Waals surface area contributed by atoms with Crippen molar-refractivity contribution in [1.82, 2.24) is 10.2 Å². The normalized spacial score (nSPS) is 13.7. The number of ether oxygens (including phenoxy) is 1. The Morgan fingerprint density at radius 1 is 1.32 bits per heavy atom. The van der Waals surface area contributed by atoms with E-state index in [0.29, 0.717) is 0 Å². The highest BCUT2D eigenvalue weighted by Gasteiger charge is 2.14. The first kappa shape index (κ1) is 14.1. The summed E-state index contributed by atoms with van der Waals surface area (Å²) in [6.07, 6.45) is 6.72. The van der Waals surface area contributed by atoms with Gasteiger partial charge < -0.3 is 15.0 Å². The van der Waals surface area contributed by atoms with Gasteiger partial charge in [0.25, 0.3) is 0 Å². The van der Waals surface area contributed by atoms with Gasteiger partial charge in [0.1, 0.15) is 5.75 Å². The van der Waals surface area contributed by atoms with Gasteiger partial charge in [-0.25, -0.2) is 0 Å². The van der Waals surface area contributed by atoms with Gasteiger partial charge in [0.15, 0.2) is 0 Å². The molecule has 0 heterocycles. The van der Waals surface area contributed by atoms with Gasteiger partial charge >= 0.3 is 0 Å². The summed E-state index contributed by atoms with van der Waals surface area (Å²) in [7, 11) is 5.94. The fraction of sp³-hybridized carbons (Fsp3) is 0.500. The van der Waals surface area contributed by atoms with Gasteiger partial charge in [-0.15, -0.1) is 0 Å². The van der Waals surface area contributed by atoms with E-state index in [-0.39, 0.29) is 0 Å². The van der Waals surface area contributed by atoms with Crippen LogP contribution in [0.3, 0.4) is 0 Å². The van der Waals surface area contributed by atoms with Crippen molar-refractivity contribution in [2.75, 3.05) is 34.3 Å². The number of likely N-dealkylation sites (N-methyl/N-ethyl adjacent to an activating group) is 1. The minimum absolute atomic E-state index is 0.883. The van der Waals surface area contributed by atoms with Crippen LogP contribution in [0.15, 0.2) is 18.2 Å². The van der Waals surface area contributed by atoms with Gasteiger partial charge in [0, 0.05) is 25.2 Å². The molecule has 0 saturated carbocycles. The van der Waals surface area contributed by atoms with Crippen LogP contribution in [0.1, 0.15) is 23.1 Å². The smallest absolute Gasteiger partial charge is 0.123 e. The zero-order valence-electron chi connectivity index (χ0n) is 12.2. The summed E-state index contributed by atoms with van der Waals surface area (Å²) in [5.41, 5.74) is 4.11. The van der Waals surface area contributed by atoms with E-state index in [1.54, 1.807) is 7.11 Å². The number of allylic oxidation sites excluding steroid dienone is 1. The Kier molecular flexibility index (Phi) is 5.00. The average Bonchev–Trinajstić information content (AvgIpc) is 2.43. The summed E-state index contributed by atoms with van der Waals surface area (Å²) in [4.78, 5) is 2.19. The van der Waals surface area contributed by atoms with E-state index >= 15 is 0 Å². The average molecular weight is 260 g/mol. The van der Waals surface area contributed by atoms with Crippen molar-refractivity contribution in [3.63, 3.8) is 0 Å². The molecule has 0 spiro atoms. The van der Waals surface area contributed by atoms with Crippen LogP contribution in [0.25, 0.3) is 6.08 Å². The van der Waals surface area contributed by atoms with Crippen molar-refractivity contribution in [1.29, 1.82) is 0 Å². The molecule has 1 N–H and O–H groups in total. The predicted octanol–water partition coefficient (Wildman–Crippen LogP) is 2.31. The van der Waals surface area contributed by atoms with Gasteiger partial charge in [-0.3, -0.25) is 0 Å². The molecule has 104 valence electrons. The first-order valence-corrected chi connectivity index (χ1v) is 6.93. The SMILES string of the molecule is COc1ccc2c(c1CNCCN(C)C)CCC=C2. The molecule has 0 saturated heterocycles. The quantitative estimate of drug-likeness (QED) is 0.794. The number of fused-ring (bicyclic) bond motifs is 1. The summed E-state index contributed by atoms with van der Waals surface area (Å²) in [6.45, 7) is 2.93. The molecule has 2 rings (SSSR count). The van der Waals surface area contributed by atoms with E-state index < -0.39 is 0 Å². The van der Waals surface area contributed by atoms with Crippen LogP contribution < -0.4 is 10.1 Å². The lowest BCUT2D eigenvalue weighted by molar-refractivity contribution is 0.392. The van der Waals surface area contributed by atoms with Crippen molar-refractivity contribution >= 4 is 6.08 Å². The van der Waals surface area contributed by atoms with Crippen LogP contribution in [0.2, 0.25) is 0 Å². The summed E-state index contributed by atoms with van der Waals surface area (Å²) >= 11 is 0. The van der Waals surface area contributed by atoms with Gasteiger partial charge in [-0.1, -0.05) is 18.2 Å². The molecule has 0 aliphatic heterocycles. The van der Waals surface area contributed by atoms with E-state index in [2.05, 4.69) is 48.6 Å². The summed E-state index contributed by atoms with van der Waals surface area (Å²) in [5.74, 6) is 1.01. The zero-order chi connectivity index (χ0) is 13.7. The maximum atomic E-state index is 5.52. The van der Waals surface area contributed by atoms with Crippen LogP contribution in [0.4, 0.5) is 0 Å². The lowest BCUT2D eigenvalue weighted by Crippen LogP contribution is -2.26. The van der Waals surface area contributed by atoms with E-state index in [1.165, 1.54) is 16.7 Å². The molecule has 1 aromatic rings. The summed E-state index contributed by atoms with van der Waals surface area (Å²) in [6, 6.07) is 4.24. The summed E-state index contributed by atoms with van der Waals surface area (Å²) < 4.78 is 5.52. The van der Waals surface area contributed by atoms with E-state index in [1.807, 2.05) is 0 Å². The predicted molar refractivity (Wildman–Crippen MR) is 80.6 cm³/mol. The number of nitrogens with one attached hydrogen (secondary N) is 1. The number of hydrogen-bond donors (Lipinski definition) is 1. The molecule has 19 heavy (non-hydrogen) atoms. The highest BCUT2D eigenvalue weighted by Crippen LogP contribution is 2.30. The molecule has 0 unspecified atom stereocenters. The number of benzene rings is 1. The Balaban J connectivity index is 2.11. The van der Waals surface area contributed by atoms with Crippen LogP contribution in [-0.4, -0.2) is 39.2 Å². The Labute approximate surface area is 116 Å². The van der Waals surface area contributed by atoms with Gasteiger partial charge in [0.05, 0.1) is 7.11 Å². The lowest BCUT2D eigenvalue weighted by Gasteiger charge is -2.19. The molecule has 0 fully saturated rings. The molecule has 0 aromatic heterocycles. The fourth-order valence-corrected chi connectivity index (χ4v) is 2.48. The van der Waals surface area contributed by atoms with E-state index in [4.69, 9.17) is 4.74 Å². The van der Waals surface area contributed by atoms with E-state index in [0.717, 1.165) is 38.2 Å². The highest BCUT2D eigenvalue weighted by atomic mass is 16.5. The van der Waals surface area contributed by atoms with Crippen LogP contribution >= 0.6 is 0 Å². The molecule has 0 atom stereocenters. The topological polar surface area (TPSA) is 24.5 Å². The molecule has 3 heteroatoms. The largest absolute Gasteiger partial charge is 0.496 e. The molecule has 1 aromatic carbocycles. The number of nitrogens with zero attached hydrogens (tertiary/aromatic N) is 1. The monoisotopic (exact) mass is 260 g/mol. The molecule has 1 aliphatic rings. The third-order valence-corrected chi connectivity index (χ3v) is 3.54. The standard InChI is InChI=1S/C16H24N2O/c1-18(2)11-10-17-12-15-14-7-5-4-6-13(14)8-9-16(15)19-3/h4,6,8-9,17H,5,7,10-12H2,1-3H3. The van der Waals surface area contributed by atoms with E-state index in [9.17, 15) is 0 Å². The first-order chi connectivity index (χ1) is 9.22. The van der Waals surface area contributed by atoms with Gasteiger partial charge in [-0.2, -0.15) is 0 Å². The van der Waals surface area contributed by atoms with Gasteiger partial charge in [-0.05, 0) is 44.1 Å². The number of rotatable bonds is 6. The zero-order valence-corrected chi connectivity index (χ0v) is 12.2. The molecule has 1 aliphatic carbocycles. The number of hydrogen-bond acceptors (Lipinski definition) is 3. The maximum absolute atomic E-state index is 5.52. The molecular formula is C16H24N2O. The lowest BCUT2D eigenvalue weighted by atomic mass is 9.92. The third-order valence-electron chi connectivity index (χ3n) is 3.54. The molecule has 0 bridgehead atoms. The van der Waals surface area contributed by atoms with Crippen molar-refractivity contribution in [3.8, 4) is 5.75 Å². The first-order valence-electron chi connectivity index (χ1n) is 6.93. The fourth-order valence-electron chi connectivity index (χ4n) is 2.48. The van der Waals surface area contributed by atoms with Crippen molar-refractivity contribution in [2.24, 2.45) is 0 Å². The van der Waals surface area contributed by atoms with Crippen molar-refractivity contribution in [3.05, 3.63) is 34.9 Å². The summed E-state index contributed by atoms with van der Waals surface area (Å²) in [5, 5.41) is 3.51. The molecular weight excluding hydrogens is 236 g/mol. The molecule has 0 radical (unpaired) electrons.